The number of H-pyrrole nitrogens is 2. The quantitative estimate of drug-likeness (QED) is 0.431. The van der Waals surface area contributed by atoms with Gasteiger partial charge in [0.1, 0.15) is 11.0 Å². The molecule has 0 bridgehead atoms. The van der Waals surface area contributed by atoms with Gasteiger partial charge in [-0.25, -0.2) is 9.97 Å². The van der Waals surface area contributed by atoms with Gasteiger partial charge in [0, 0.05) is 35.8 Å². The van der Waals surface area contributed by atoms with E-state index in [1.54, 1.807) is 18.6 Å². The van der Waals surface area contributed by atoms with E-state index in [1.165, 1.54) is 0 Å². The molecule has 0 aromatic carbocycles. The third-order valence-corrected chi connectivity index (χ3v) is 5.75. The molecule has 5 aromatic rings. The minimum atomic E-state index is 0.482. The van der Waals surface area contributed by atoms with E-state index in [0.717, 1.165) is 70.6 Å². The zero-order valence-corrected chi connectivity index (χ0v) is 16.3. The Bertz CT molecular complexity index is 1330. The molecule has 0 saturated carbocycles. The molecule has 1 saturated heterocycles. The fraction of sp³-hybridized carbons (Fsp3) is 0.227. The van der Waals surface area contributed by atoms with Gasteiger partial charge in [0.2, 0.25) is 0 Å². The highest BCUT2D eigenvalue weighted by molar-refractivity contribution is 5.94. The van der Waals surface area contributed by atoms with Crippen LogP contribution >= 0.6 is 0 Å². The highest BCUT2D eigenvalue weighted by Gasteiger charge is 2.20. The Morgan fingerprint density at radius 3 is 2.63 bits per heavy atom. The van der Waals surface area contributed by atoms with Crippen LogP contribution in [0.3, 0.4) is 0 Å². The second-order valence-corrected chi connectivity index (χ2v) is 7.61. The third-order valence-electron chi connectivity index (χ3n) is 5.75. The number of rotatable bonds is 3. The largest absolute Gasteiger partial charge is 0.336 e. The van der Waals surface area contributed by atoms with Gasteiger partial charge in [-0.15, -0.1) is 0 Å². The van der Waals surface area contributed by atoms with E-state index in [2.05, 4.69) is 42.6 Å². The van der Waals surface area contributed by atoms with Crippen molar-refractivity contribution in [3.05, 3.63) is 54.6 Å². The normalized spacial score (nSPS) is 15.2. The Morgan fingerprint density at radius 2 is 1.77 bits per heavy atom. The van der Waals surface area contributed by atoms with Crippen molar-refractivity contribution >= 4 is 22.1 Å². The maximum atomic E-state index is 4.98. The number of fused-ring (bicyclic) bond motifs is 2. The van der Waals surface area contributed by atoms with E-state index in [0.29, 0.717) is 11.7 Å². The zero-order valence-electron chi connectivity index (χ0n) is 16.3. The summed E-state index contributed by atoms with van der Waals surface area (Å²) in [4.78, 5) is 22.0. The van der Waals surface area contributed by atoms with Gasteiger partial charge >= 0.3 is 0 Å². The van der Waals surface area contributed by atoms with Crippen molar-refractivity contribution in [2.24, 2.45) is 0 Å². The van der Waals surface area contributed by atoms with E-state index >= 15 is 0 Å². The third kappa shape index (κ3) is 2.84. The van der Waals surface area contributed by atoms with Crippen LogP contribution in [0.25, 0.3) is 44.8 Å². The lowest BCUT2D eigenvalue weighted by Gasteiger charge is -2.22. The summed E-state index contributed by atoms with van der Waals surface area (Å²) in [6.07, 6.45) is 7.55. The topological polar surface area (TPSA) is 108 Å². The van der Waals surface area contributed by atoms with Crippen LogP contribution in [0.2, 0.25) is 0 Å². The van der Waals surface area contributed by atoms with Crippen molar-refractivity contribution in [1.29, 1.82) is 0 Å². The predicted molar refractivity (Wildman–Crippen MR) is 115 cm³/mol. The molecular formula is C22H20N8. The number of aromatic amines is 2. The van der Waals surface area contributed by atoms with Gasteiger partial charge in [0.15, 0.2) is 11.5 Å². The number of hydrogen-bond donors (Lipinski definition) is 3. The first-order valence-electron chi connectivity index (χ1n) is 10.2. The van der Waals surface area contributed by atoms with Crippen molar-refractivity contribution in [3.8, 4) is 22.8 Å². The van der Waals surface area contributed by atoms with Crippen LogP contribution < -0.4 is 5.32 Å². The average molecular weight is 396 g/mol. The fourth-order valence-electron chi connectivity index (χ4n) is 4.19. The van der Waals surface area contributed by atoms with Crippen LogP contribution in [0.15, 0.2) is 48.9 Å². The van der Waals surface area contributed by atoms with Crippen molar-refractivity contribution < 1.29 is 0 Å². The summed E-state index contributed by atoms with van der Waals surface area (Å²) < 4.78 is 0. The number of pyridine rings is 3. The Hall–Kier alpha value is -3.65. The highest BCUT2D eigenvalue weighted by atomic mass is 15.2. The van der Waals surface area contributed by atoms with Crippen LogP contribution in [0, 0.1) is 0 Å². The molecule has 0 radical (unpaired) electrons. The summed E-state index contributed by atoms with van der Waals surface area (Å²) >= 11 is 0. The highest BCUT2D eigenvalue weighted by Crippen LogP contribution is 2.31. The van der Waals surface area contributed by atoms with Gasteiger partial charge in [-0.1, -0.05) is 0 Å². The molecule has 0 unspecified atom stereocenters. The number of hydrogen-bond acceptors (Lipinski definition) is 6. The maximum Gasteiger partial charge on any atom is 0.161 e. The molecule has 30 heavy (non-hydrogen) atoms. The molecule has 8 heteroatoms. The first kappa shape index (κ1) is 17.2. The van der Waals surface area contributed by atoms with Gasteiger partial charge in [-0.3, -0.25) is 15.1 Å². The molecule has 0 amide bonds. The van der Waals surface area contributed by atoms with Crippen molar-refractivity contribution in [2.75, 3.05) is 13.1 Å². The molecule has 8 nitrogen and oxygen atoms in total. The number of piperidine rings is 1. The molecule has 0 spiro atoms. The SMILES string of the molecule is c1cncc(-c2nccc3[nH]c(-c4n[nH]c5ccc(C6CCNCC6)nc45)nc23)c1. The smallest absolute Gasteiger partial charge is 0.161 e. The minimum absolute atomic E-state index is 0.482. The summed E-state index contributed by atoms with van der Waals surface area (Å²) in [5, 5.41) is 11.0. The zero-order chi connectivity index (χ0) is 19.9. The first-order chi connectivity index (χ1) is 14.9. The summed E-state index contributed by atoms with van der Waals surface area (Å²) in [5.41, 5.74) is 7.05. The summed E-state index contributed by atoms with van der Waals surface area (Å²) in [5.74, 6) is 1.17. The monoisotopic (exact) mass is 396 g/mol. The molecule has 6 heterocycles. The lowest BCUT2D eigenvalue weighted by Crippen LogP contribution is -2.27. The van der Waals surface area contributed by atoms with Gasteiger partial charge in [0.05, 0.1) is 16.7 Å². The van der Waals surface area contributed by atoms with Crippen LogP contribution in [0.5, 0.6) is 0 Å². The van der Waals surface area contributed by atoms with Crippen molar-refractivity contribution in [2.45, 2.75) is 18.8 Å². The second kappa shape index (κ2) is 7.00. The van der Waals surface area contributed by atoms with Gasteiger partial charge in [-0.05, 0) is 56.3 Å². The molecule has 1 aliphatic heterocycles. The first-order valence-corrected chi connectivity index (χ1v) is 10.2. The summed E-state index contributed by atoms with van der Waals surface area (Å²) in [6, 6.07) is 10.00. The van der Waals surface area contributed by atoms with E-state index in [-0.39, 0.29) is 0 Å². The number of nitrogens with one attached hydrogen (secondary N) is 3. The summed E-state index contributed by atoms with van der Waals surface area (Å²) in [6.45, 7) is 2.08. The van der Waals surface area contributed by atoms with Crippen molar-refractivity contribution in [1.82, 2.24) is 40.4 Å². The van der Waals surface area contributed by atoms with Gasteiger partial charge in [-0.2, -0.15) is 5.10 Å². The van der Waals surface area contributed by atoms with Crippen LogP contribution in [0.4, 0.5) is 0 Å². The molecule has 3 N–H and O–H groups in total. The second-order valence-electron chi connectivity index (χ2n) is 7.61. The van der Waals surface area contributed by atoms with Crippen molar-refractivity contribution in [3.63, 3.8) is 0 Å². The van der Waals surface area contributed by atoms with Crippen LogP contribution in [-0.4, -0.2) is 48.2 Å². The van der Waals surface area contributed by atoms with E-state index in [4.69, 9.17) is 9.97 Å². The molecule has 6 rings (SSSR count). The molecule has 148 valence electrons. The molecular weight excluding hydrogens is 376 g/mol. The number of aromatic nitrogens is 7. The molecule has 0 aliphatic carbocycles. The van der Waals surface area contributed by atoms with Crippen LogP contribution in [-0.2, 0) is 0 Å². The summed E-state index contributed by atoms with van der Waals surface area (Å²) in [7, 11) is 0. The van der Waals surface area contributed by atoms with Gasteiger partial charge < -0.3 is 10.3 Å². The maximum absolute atomic E-state index is 4.98. The van der Waals surface area contributed by atoms with Crippen LogP contribution in [0.1, 0.15) is 24.5 Å². The fourth-order valence-corrected chi connectivity index (χ4v) is 4.19. The lowest BCUT2D eigenvalue weighted by molar-refractivity contribution is 0.454. The Kier molecular flexibility index (Phi) is 4.02. The molecule has 1 aliphatic rings. The average Bonchev–Trinajstić information content (AvgIpc) is 3.43. The number of nitrogens with zero attached hydrogens (tertiary/aromatic N) is 5. The van der Waals surface area contributed by atoms with E-state index in [9.17, 15) is 0 Å². The molecule has 5 aromatic heterocycles. The molecule has 1 fully saturated rings. The Balaban J connectivity index is 1.47. The Morgan fingerprint density at radius 1 is 0.867 bits per heavy atom. The standard InChI is InChI=1S/C22H20N8/c1-2-14(12-24-8-1)18-19-16(7-11-25-18)27-22(28-19)21-20-17(29-30-21)4-3-15(26-20)13-5-9-23-10-6-13/h1-4,7-8,11-13,23H,5-6,9-10H2,(H,27,28)(H,29,30). The minimum Gasteiger partial charge on any atom is -0.336 e. The van der Waals surface area contributed by atoms with E-state index in [1.807, 2.05) is 18.2 Å². The Labute approximate surface area is 172 Å². The van der Waals surface area contributed by atoms with E-state index < -0.39 is 0 Å². The predicted octanol–water partition coefficient (Wildman–Crippen LogP) is 3.43. The lowest BCUT2D eigenvalue weighted by atomic mass is 9.94. The number of imidazole rings is 1. The molecule has 0 atom stereocenters. The van der Waals surface area contributed by atoms with Gasteiger partial charge in [0.25, 0.3) is 0 Å².